The molecule has 0 aliphatic carbocycles. The minimum Gasteiger partial charge on any atom is -0.481 e. The maximum atomic E-state index is 10.6. The zero-order valence-corrected chi connectivity index (χ0v) is 9.95. The van der Waals surface area contributed by atoms with Crippen LogP contribution in [-0.2, 0) is 4.79 Å². The summed E-state index contributed by atoms with van der Waals surface area (Å²) >= 11 is 0. The van der Waals surface area contributed by atoms with Crippen LogP contribution in [0.5, 0.6) is 0 Å². The van der Waals surface area contributed by atoms with Gasteiger partial charge in [0.15, 0.2) is 0 Å². The number of rotatable bonds is 4. The molecule has 1 atom stereocenters. The van der Waals surface area contributed by atoms with Crippen molar-refractivity contribution >= 4 is 5.97 Å². The Bertz CT molecular complexity index is 565. The van der Waals surface area contributed by atoms with E-state index in [0.717, 1.165) is 16.9 Å². The summed E-state index contributed by atoms with van der Waals surface area (Å²) < 4.78 is 0. The van der Waals surface area contributed by atoms with Crippen molar-refractivity contribution in [3.05, 3.63) is 41.7 Å². The van der Waals surface area contributed by atoms with Crippen molar-refractivity contribution in [2.24, 2.45) is 5.73 Å². The third-order valence-electron chi connectivity index (χ3n) is 2.53. The van der Waals surface area contributed by atoms with Gasteiger partial charge in [-0.25, -0.2) is 0 Å². The molecule has 0 radical (unpaired) electrons. The molecule has 1 aromatic heterocycles. The van der Waals surface area contributed by atoms with E-state index >= 15 is 0 Å². The quantitative estimate of drug-likeness (QED) is 0.840. The Morgan fingerprint density at radius 2 is 2.33 bits per heavy atom. The van der Waals surface area contributed by atoms with Gasteiger partial charge in [0, 0.05) is 6.04 Å². The molecule has 1 heterocycles. The van der Waals surface area contributed by atoms with E-state index in [-0.39, 0.29) is 6.42 Å². The average Bonchev–Trinajstić information content (AvgIpc) is 2.75. The van der Waals surface area contributed by atoms with E-state index < -0.39 is 12.0 Å². The van der Waals surface area contributed by atoms with Gasteiger partial charge in [0.05, 0.1) is 24.0 Å². The Labute approximate surface area is 104 Å². The minimum atomic E-state index is -0.916. The Morgan fingerprint density at radius 1 is 1.56 bits per heavy atom. The molecule has 6 nitrogen and oxygen atoms in total. The zero-order valence-electron chi connectivity index (χ0n) is 9.95. The molecule has 0 aliphatic rings. The van der Waals surface area contributed by atoms with Gasteiger partial charge < -0.3 is 10.8 Å². The summed E-state index contributed by atoms with van der Waals surface area (Å²) in [7, 11) is 0. The molecule has 0 fully saturated rings. The van der Waals surface area contributed by atoms with Crippen molar-refractivity contribution in [3.63, 3.8) is 0 Å². The number of nitrogens with zero attached hydrogens (tertiary/aromatic N) is 3. The van der Waals surface area contributed by atoms with E-state index in [4.69, 9.17) is 10.8 Å². The lowest BCUT2D eigenvalue weighted by Gasteiger charge is -2.10. The van der Waals surface area contributed by atoms with Crippen LogP contribution in [0.3, 0.4) is 0 Å². The second-order valence-corrected chi connectivity index (χ2v) is 4.07. The van der Waals surface area contributed by atoms with E-state index in [1.165, 1.54) is 4.80 Å². The highest BCUT2D eigenvalue weighted by atomic mass is 16.4. The van der Waals surface area contributed by atoms with Crippen LogP contribution in [0.4, 0.5) is 0 Å². The maximum Gasteiger partial charge on any atom is 0.305 e. The number of carboxylic acid groups (broad SMARTS) is 1. The van der Waals surface area contributed by atoms with E-state index in [1.54, 1.807) is 18.3 Å². The average molecular weight is 246 g/mol. The minimum absolute atomic E-state index is 0.102. The van der Waals surface area contributed by atoms with Crippen molar-refractivity contribution < 1.29 is 9.90 Å². The number of carboxylic acids is 1. The molecule has 6 heteroatoms. The van der Waals surface area contributed by atoms with E-state index in [1.807, 2.05) is 19.1 Å². The van der Waals surface area contributed by atoms with Crippen molar-refractivity contribution in [2.45, 2.75) is 19.4 Å². The van der Waals surface area contributed by atoms with Gasteiger partial charge in [0.2, 0.25) is 0 Å². The number of carbonyl (C=O) groups is 1. The van der Waals surface area contributed by atoms with Gasteiger partial charge in [-0.05, 0) is 24.6 Å². The topological polar surface area (TPSA) is 94.0 Å². The van der Waals surface area contributed by atoms with Crippen molar-refractivity contribution in [1.29, 1.82) is 0 Å². The third kappa shape index (κ3) is 2.72. The number of nitrogens with two attached hydrogens (primary N) is 1. The molecule has 0 saturated heterocycles. The fourth-order valence-electron chi connectivity index (χ4n) is 1.65. The molecule has 0 spiro atoms. The number of hydrogen-bond acceptors (Lipinski definition) is 4. The van der Waals surface area contributed by atoms with E-state index in [9.17, 15) is 4.79 Å². The van der Waals surface area contributed by atoms with Crippen LogP contribution in [0.2, 0.25) is 0 Å². The smallest absolute Gasteiger partial charge is 0.305 e. The number of aliphatic carboxylic acids is 1. The van der Waals surface area contributed by atoms with Crippen LogP contribution >= 0.6 is 0 Å². The Morgan fingerprint density at radius 3 is 2.94 bits per heavy atom. The first-order valence-corrected chi connectivity index (χ1v) is 5.53. The molecule has 1 unspecified atom stereocenters. The Kier molecular flexibility index (Phi) is 3.38. The Hall–Kier alpha value is -2.21. The van der Waals surface area contributed by atoms with Crippen LogP contribution in [0.1, 0.15) is 23.7 Å². The molecule has 0 bridgehead atoms. The van der Waals surface area contributed by atoms with Gasteiger partial charge in [-0.3, -0.25) is 4.79 Å². The SMILES string of the molecule is Cc1cnn(-c2cccc(C(N)CC(=O)O)c2)n1. The fraction of sp³-hybridized carbons (Fsp3) is 0.250. The van der Waals surface area contributed by atoms with Crippen LogP contribution in [-0.4, -0.2) is 26.1 Å². The molecule has 2 aromatic rings. The highest BCUT2D eigenvalue weighted by Gasteiger charge is 2.11. The number of benzene rings is 1. The summed E-state index contributed by atoms with van der Waals surface area (Å²) in [5.41, 5.74) is 8.15. The van der Waals surface area contributed by atoms with Gasteiger partial charge in [-0.15, -0.1) is 0 Å². The summed E-state index contributed by atoms with van der Waals surface area (Å²) in [6.07, 6.45) is 1.55. The molecule has 1 aromatic carbocycles. The summed E-state index contributed by atoms with van der Waals surface area (Å²) in [6.45, 7) is 1.85. The molecular formula is C12H14N4O2. The zero-order chi connectivity index (χ0) is 13.1. The van der Waals surface area contributed by atoms with Gasteiger partial charge >= 0.3 is 5.97 Å². The van der Waals surface area contributed by atoms with Gasteiger partial charge in [-0.1, -0.05) is 12.1 Å². The van der Waals surface area contributed by atoms with Crippen LogP contribution in [0.15, 0.2) is 30.5 Å². The largest absolute Gasteiger partial charge is 0.481 e. The van der Waals surface area contributed by atoms with Gasteiger partial charge in [0.25, 0.3) is 0 Å². The second kappa shape index (κ2) is 4.97. The number of aryl methyl sites for hydroxylation is 1. The molecule has 0 aliphatic heterocycles. The lowest BCUT2D eigenvalue weighted by molar-refractivity contribution is -0.137. The van der Waals surface area contributed by atoms with Gasteiger partial charge in [0.1, 0.15) is 0 Å². The predicted octanol–water partition coefficient (Wildman–Crippen LogP) is 1.05. The molecule has 0 saturated carbocycles. The first-order valence-electron chi connectivity index (χ1n) is 5.53. The van der Waals surface area contributed by atoms with E-state index in [0.29, 0.717) is 0 Å². The number of hydrogen-bond donors (Lipinski definition) is 2. The highest BCUT2D eigenvalue weighted by molar-refractivity contribution is 5.68. The van der Waals surface area contributed by atoms with Crippen molar-refractivity contribution in [3.8, 4) is 5.69 Å². The molecular weight excluding hydrogens is 232 g/mol. The molecule has 94 valence electrons. The summed E-state index contributed by atoms with van der Waals surface area (Å²) in [4.78, 5) is 12.1. The van der Waals surface area contributed by atoms with Crippen molar-refractivity contribution in [1.82, 2.24) is 15.0 Å². The molecule has 3 N–H and O–H groups in total. The summed E-state index contributed by atoms with van der Waals surface area (Å²) in [5, 5.41) is 17.0. The number of aromatic nitrogens is 3. The fourth-order valence-corrected chi connectivity index (χ4v) is 1.65. The van der Waals surface area contributed by atoms with Crippen LogP contribution in [0.25, 0.3) is 5.69 Å². The first-order chi connectivity index (χ1) is 8.56. The van der Waals surface area contributed by atoms with Crippen LogP contribution in [0, 0.1) is 6.92 Å². The molecule has 2 rings (SSSR count). The molecule has 0 amide bonds. The summed E-state index contributed by atoms with van der Waals surface area (Å²) in [5.74, 6) is -0.916. The normalized spacial score (nSPS) is 12.3. The van der Waals surface area contributed by atoms with Gasteiger partial charge in [-0.2, -0.15) is 15.0 Å². The maximum absolute atomic E-state index is 10.6. The molecule has 18 heavy (non-hydrogen) atoms. The monoisotopic (exact) mass is 246 g/mol. The van der Waals surface area contributed by atoms with Crippen LogP contribution < -0.4 is 5.73 Å². The highest BCUT2D eigenvalue weighted by Crippen LogP contribution is 2.17. The lowest BCUT2D eigenvalue weighted by Crippen LogP contribution is -2.15. The van der Waals surface area contributed by atoms with E-state index in [2.05, 4.69) is 10.2 Å². The predicted molar refractivity (Wildman–Crippen MR) is 65.3 cm³/mol. The standard InChI is InChI=1S/C12H14N4O2/c1-8-7-14-16(15-8)10-4-2-3-9(5-10)11(13)6-12(17)18/h2-5,7,11H,6,13H2,1H3,(H,17,18). The second-order valence-electron chi connectivity index (χ2n) is 4.07. The van der Waals surface area contributed by atoms with Crippen molar-refractivity contribution in [2.75, 3.05) is 0 Å². The first kappa shape index (κ1) is 12.3. The third-order valence-corrected chi connectivity index (χ3v) is 2.53. The lowest BCUT2D eigenvalue weighted by atomic mass is 10.0. The Balaban J connectivity index is 2.27. The summed E-state index contributed by atoms with van der Waals surface area (Å²) in [6, 6.07) is 6.72.